The van der Waals surface area contributed by atoms with Crippen LogP contribution in [0.5, 0.6) is 0 Å². The van der Waals surface area contributed by atoms with Gasteiger partial charge in [0.05, 0.1) is 10.6 Å². The Morgan fingerprint density at radius 2 is 1.86 bits per heavy atom. The summed E-state index contributed by atoms with van der Waals surface area (Å²) in [5.74, 6) is -1.01. The quantitative estimate of drug-likeness (QED) is 0.676. The maximum absolute atomic E-state index is 14.1. The Kier molecular flexibility index (Phi) is 5.50. The summed E-state index contributed by atoms with van der Waals surface area (Å²) in [5.41, 5.74) is 1.33. The minimum atomic E-state index is -3.57. The number of carbonyl (C=O) groups is 1. The Labute approximate surface area is 161 Å². The van der Waals surface area contributed by atoms with Crippen LogP contribution in [-0.2, 0) is 14.6 Å². The van der Waals surface area contributed by atoms with Crippen LogP contribution in [0.25, 0.3) is 5.69 Å². The molecule has 8 nitrogen and oxygen atoms in total. The number of anilines is 1. The molecule has 0 bridgehead atoms. The van der Waals surface area contributed by atoms with Crippen molar-refractivity contribution in [3.8, 4) is 5.69 Å². The molecular formula is C18H18FN5O3S. The van der Waals surface area contributed by atoms with Crippen molar-refractivity contribution in [2.24, 2.45) is 0 Å². The van der Waals surface area contributed by atoms with Crippen molar-refractivity contribution >= 4 is 21.4 Å². The molecule has 0 atom stereocenters. The van der Waals surface area contributed by atoms with Crippen molar-refractivity contribution in [2.75, 3.05) is 11.1 Å². The topological polar surface area (TPSA) is 107 Å². The number of nitrogens with one attached hydrogen (secondary N) is 1. The number of amides is 1. The van der Waals surface area contributed by atoms with Crippen LogP contribution in [0.3, 0.4) is 0 Å². The number of rotatable bonds is 6. The molecule has 0 unspecified atom stereocenters. The smallest absolute Gasteiger partial charge is 0.225 e. The zero-order chi connectivity index (χ0) is 20.3. The minimum absolute atomic E-state index is 0.0765. The lowest BCUT2D eigenvalue weighted by atomic mass is 10.2. The summed E-state index contributed by atoms with van der Waals surface area (Å²) < 4.78 is 39.9. The largest absolute Gasteiger partial charge is 0.326 e. The number of hydrogen-bond donors (Lipinski definition) is 1. The van der Waals surface area contributed by atoms with Gasteiger partial charge >= 0.3 is 0 Å². The van der Waals surface area contributed by atoms with E-state index in [0.29, 0.717) is 11.5 Å². The van der Waals surface area contributed by atoms with E-state index in [2.05, 4.69) is 20.8 Å². The minimum Gasteiger partial charge on any atom is -0.326 e. The first-order valence-electron chi connectivity index (χ1n) is 8.40. The molecule has 0 saturated heterocycles. The van der Waals surface area contributed by atoms with Crippen molar-refractivity contribution in [1.82, 2.24) is 20.2 Å². The van der Waals surface area contributed by atoms with Gasteiger partial charge in [0.1, 0.15) is 11.5 Å². The number of benzene rings is 2. The molecule has 1 heterocycles. The molecule has 0 aliphatic heterocycles. The van der Waals surface area contributed by atoms with Crippen molar-refractivity contribution < 1.29 is 17.6 Å². The zero-order valence-electron chi connectivity index (χ0n) is 15.3. The first-order valence-corrected chi connectivity index (χ1v) is 10.1. The van der Waals surface area contributed by atoms with E-state index in [1.54, 1.807) is 19.1 Å². The second-order valence-corrected chi connectivity index (χ2v) is 8.34. The van der Waals surface area contributed by atoms with Gasteiger partial charge in [-0.05, 0) is 54.6 Å². The van der Waals surface area contributed by atoms with Crippen LogP contribution in [0.2, 0.25) is 0 Å². The molecule has 0 saturated carbocycles. The van der Waals surface area contributed by atoms with Gasteiger partial charge in [-0.3, -0.25) is 4.79 Å². The second-order valence-electron chi connectivity index (χ2n) is 6.23. The van der Waals surface area contributed by atoms with Gasteiger partial charge in [0.2, 0.25) is 5.91 Å². The SMILES string of the molecule is Cc1ccc(S(=O)(=O)CCC(=O)Nc2ccc(F)c(-n3nnnc3C)c2)cc1. The monoisotopic (exact) mass is 403 g/mol. The van der Waals surface area contributed by atoms with E-state index in [4.69, 9.17) is 0 Å². The highest BCUT2D eigenvalue weighted by molar-refractivity contribution is 7.91. The fourth-order valence-corrected chi connectivity index (χ4v) is 3.76. The lowest BCUT2D eigenvalue weighted by Gasteiger charge is -2.09. The van der Waals surface area contributed by atoms with Gasteiger partial charge in [-0.25, -0.2) is 12.8 Å². The number of carbonyl (C=O) groups excluding carboxylic acids is 1. The highest BCUT2D eigenvalue weighted by Gasteiger charge is 2.17. The van der Waals surface area contributed by atoms with Crippen molar-refractivity contribution in [3.63, 3.8) is 0 Å². The molecule has 3 aromatic rings. The van der Waals surface area contributed by atoms with E-state index in [-0.39, 0.29) is 22.8 Å². The molecule has 0 fully saturated rings. The van der Waals surface area contributed by atoms with E-state index < -0.39 is 21.6 Å². The van der Waals surface area contributed by atoms with Crippen LogP contribution in [0.1, 0.15) is 17.8 Å². The molecule has 0 radical (unpaired) electrons. The Bertz CT molecular complexity index is 1110. The molecule has 1 aromatic heterocycles. The van der Waals surface area contributed by atoms with Crippen molar-refractivity contribution in [2.45, 2.75) is 25.2 Å². The number of aromatic nitrogens is 4. The Hall–Kier alpha value is -3.14. The summed E-state index contributed by atoms with van der Waals surface area (Å²) >= 11 is 0. The number of halogens is 1. The molecule has 1 N–H and O–H groups in total. The maximum atomic E-state index is 14.1. The number of tetrazole rings is 1. The van der Waals surface area contributed by atoms with Crippen LogP contribution in [0.4, 0.5) is 10.1 Å². The molecule has 0 aliphatic carbocycles. The average Bonchev–Trinajstić information content (AvgIpc) is 3.08. The predicted octanol–water partition coefficient (Wildman–Crippen LogP) is 2.22. The Balaban J connectivity index is 1.68. The fraction of sp³-hybridized carbons (Fsp3) is 0.222. The van der Waals surface area contributed by atoms with Crippen molar-refractivity contribution in [1.29, 1.82) is 0 Å². The first-order chi connectivity index (χ1) is 13.3. The summed E-state index contributed by atoms with van der Waals surface area (Å²) in [6.45, 7) is 3.47. The van der Waals surface area contributed by atoms with Crippen LogP contribution < -0.4 is 5.32 Å². The zero-order valence-corrected chi connectivity index (χ0v) is 16.1. The molecule has 1 amide bonds. The maximum Gasteiger partial charge on any atom is 0.225 e. The summed E-state index contributed by atoms with van der Waals surface area (Å²) in [6.07, 6.45) is -0.229. The van der Waals surface area contributed by atoms with Gasteiger partial charge in [0.15, 0.2) is 15.7 Å². The van der Waals surface area contributed by atoms with Crippen LogP contribution in [-0.4, -0.2) is 40.3 Å². The molecular weight excluding hydrogens is 385 g/mol. The number of hydrogen-bond acceptors (Lipinski definition) is 6. The lowest BCUT2D eigenvalue weighted by Crippen LogP contribution is -2.17. The van der Waals surface area contributed by atoms with Gasteiger partial charge < -0.3 is 5.32 Å². The van der Waals surface area contributed by atoms with Crippen molar-refractivity contribution in [3.05, 3.63) is 59.7 Å². The highest BCUT2D eigenvalue weighted by atomic mass is 32.2. The Morgan fingerprint density at radius 1 is 1.14 bits per heavy atom. The van der Waals surface area contributed by atoms with Crippen LogP contribution in [0.15, 0.2) is 47.4 Å². The standard InChI is InChI=1S/C18H18FN5O3S/c1-12-3-6-15(7-4-12)28(26,27)10-9-18(25)20-14-5-8-16(19)17(11-14)24-13(2)21-22-23-24/h3-8,11H,9-10H2,1-2H3,(H,20,25). The first kappa shape index (κ1) is 19.6. The van der Waals surface area contributed by atoms with Gasteiger partial charge in [0, 0.05) is 12.1 Å². The summed E-state index contributed by atoms with van der Waals surface area (Å²) in [7, 11) is -3.57. The molecule has 10 heteroatoms. The molecule has 28 heavy (non-hydrogen) atoms. The normalized spacial score (nSPS) is 11.4. The van der Waals surface area contributed by atoms with E-state index in [0.717, 1.165) is 5.56 Å². The number of nitrogens with zero attached hydrogens (tertiary/aromatic N) is 4. The molecule has 3 rings (SSSR count). The summed E-state index contributed by atoms with van der Waals surface area (Å²) in [5, 5.41) is 13.4. The average molecular weight is 403 g/mol. The number of sulfone groups is 1. The third-order valence-electron chi connectivity index (χ3n) is 4.06. The van der Waals surface area contributed by atoms with Gasteiger partial charge in [-0.15, -0.1) is 5.10 Å². The van der Waals surface area contributed by atoms with E-state index >= 15 is 0 Å². The summed E-state index contributed by atoms with van der Waals surface area (Å²) in [4.78, 5) is 12.3. The van der Waals surface area contributed by atoms with E-state index in [1.165, 1.54) is 35.0 Å². The van der Waals surface area contributed by atoms with E-state index in [1.807, 2.05) is 6.92 Å². The number of aryl methyl sites for hydroxylation is 2. The van der Waals surface area contributed by atoms with Crippen LogP contribution >= 0.6 is 0 Å². The van der Waals surface area contributed by atoms with Crippen LogP contribution in [0, 0.1) is 19.7 Å². The second kappa shape index (κ2) is 7.85. The molecule has 0 spiro atoms. The fourth-order valence-electron chi connectivity index (χ4n) is 2.52. The Morgan fingerprint density at radius 3 is 2.50 bits per heavy atom. The molecule has 146 valence electrons. The molecule has 2 aromatic carbocycles. The highest BCUT2D eigenvalue weighted by Crippen LogP contribution is 2.19. The summed E-state index contributed by atoms with van der Waals surface area (Å²) in [6, 6.07) is 10.4. The lowest BCUT2D eigenvalue weighted by molar-refractivity contribution is -0.115. The predicted molar refractivity (Wildman–Crippen MR) is 100 cm³/mol. The van der Waals surface area contributed by atoms with Gasteiger partial charge in [-0.1, -0.05) is 17.7 Å². The van der Waals surface area contributed by atoms with Gasteiger partial charge in [-0.2, -0.15) is 4.68 Å². The molecule has 0 aliphatic rings. The van der Waals surface area contributed by atoms with Gasteiger partial charge in [0.25, 0.3) is 0 Å². The third-order valence-corrected chi connectivity index (χ3v) is 5.79. The third kappa shape index (κ3) is 4.39. The van der Waals surface area contributed by atoms with E-state index in [9.17, 15) is 17.6 Å².